The van der Waals surface area contributed by atoms with E-state index in [2.05, 4.69) is 26.1 Å². The highest BCUT2D eigenvalue weighted by molar-refractivity contribution is 7.99. The second-order valence-electron chi connectivity index (χ2n) is 4.70. The van der Waals surface area contributed by atoms with Crippen LogP contribution in [-0.4, -0.2) is 38.1 Å². The number of hydrazone groups is 1. The summed E-state index contributed by atoms with van der Waals surface area (Å²) in [5.41, 5.74) is 4.24. The van der Waals surface area contributed by atoms with Gasteiger partial charge in [-0.3, -0.25) is 4.79 Å². The molecule has 0 fully saturated rings. The first-order valence-corrected chi connectivity index (χ1v) is 8.15. The Kier molecular flexibility index (Phi) is 5.31. The van der Waals surface area contributed by atoms with Crippen LogP contribution in [0, 0.1) is 0 Å². The number of para-hydroxylation sites is 1. The Morgan fingerprint density at radius 2 is 1.83 bits per heavy atom. The van der Waals surface area contributed by atoms with E-state index in [4.69, 9.17) is 0 Å². The summed E-state index contributed by atoms with van der Waals surface area (Å²) in [6.07, 6.45) is 1.59. The lowest BCUT2D eigenvalue weighted by atomic mass is 10.2. The molecule has 0 aliphatic heterocycles. The average molecular weight is 338 g/mol. The maximum absolute atomic E-state index is 11.9. The number of hydrogen-bond acceptors (Lipinski definition) is 6. The molecule has 3 rings (SSSR count). The summed E-state index contributed by atoms with van der Waals surface area (Å²) in [4.78, 5) is 11.9. The highest BCUT2D eigenvalue weighted by Crippen LogP contribution is 2.17. The molecule has 1 aromatic heterocycles. The minimum atomic E-state index is -0.227. The summed E-state index contributed by atoms with van der Waals surface area (Å²) in [5, 5.41) is 16.0. The van der Waals surface area contributed by atoms with Crippen LogP contribution in [0.25, 0.3) is 5.69 Å². The van der Waals surface area contributed by atoms with Gasteiger partial charge >= 0.3 is 0 Å². The number of thioether (sulfide) groups is 1. The van der Waals surface area contributed by atoms with E-state index in [1.54, 1.807) is 10.9 Å². The monoisotopic (exact) mass is 338 g/mol. The number of nitrogens with zero attached hydrogens (tertiary/aromatic N) is 5. The zero-order chi connectivity index (χ0) is 16.6. The van der Waals surface area contributed by atoms with E-state index in [9.17, 15) is 4.79 Å². The third-order valence-electron chi connectivity index (χ3n) is 2.98. The number of hydrogen-bond donors (Lipinski definition) is 1. The number of tetrazole rings is 1. The van der Waals surface area contributed by atoms with E-state index in [1.165, 1.54) is 11.8 Å². The van der Waals surface area contributed by atoms with E-state index < -0.39 is 0 Å². The fourth-order valence-corrected chi connectivity index (χ4v) is 2.56. The van der Waals surface area contributed by atoms with Crippen molar-refractivity contribution < 1.29 is 4.79 Å². The van der Waals surface area contributed by atoms with Gasteiger partial charge in [-0.2, -0.15) is 9.78 Å². The van der Waals surface area contributed by atoms with Crippen LogP contribution in [0.4, 0.5) is 0 Å². The fourth-order valence-electron chi connectivity index (χ4n) is 1.88. The second-order valence-corrected chi connectivity index (χ2v) is 5.64. The Morgan fingerprint density at radius 3 is 2.58 bits per heavy atom. The molecule has 24 heavy (non-hydrogen) atoms. The minimum absolute atomic E-state index is 0.166. The van der Waals surface area contributed by atoms with Crippen molar-refractivity contribution in [1.29, 1.82) is 0 Å². The molecule has 0 radical (unpaired) electrons. The molecule has 0 aliphatic rings. The predicted octanol–water partition coefficient (Wildman–Crippen LogP) is 1.90. The lowest BCUT2D eigenvalue weighted by molar-refractivity contribution is -0.118. The van der Waals surface area contributed by atoms with Gasteiger partial charge in [0.05, 0.1) is 17.7 Å². The zero-order valence-electron chi connectivity index (χ0n) is 12.6. The van der Waals surface area contributed by atoms with Crippen molar-refractivity contribution in [3.63, 3.8) is 0 Å². The molecule has 0 aliphatic carbocycles. The number of nitrogens with one attached hydrogen (secondary N) is 1. The Bertz CT molecular complexity index is 819. The molecular formula is C16H14N6OS. The normalized spacial score (nSPS) is 10.8. The van der Waals surface area contributed by atoms with Gasteiger partial charge in [0.15, 0.2) is 0 Å². The number of carbonyl (C=O) groups is 1. The molecule has 1 N–H and O–H groups in total. The quantitative estimate of drug-likeness (QED) is 0.421. The van der Waals surface area contributed by atoms with Crippen LogP contribution >= 0.6 is 11.8 Å². The maximum atomic E-state index is 11.9. The number of benzene rings is 2. The number of aromatic nitrogens is 4. The topological polar surface area (TPSA) is 85.1 Å². The van der Waals surface area contributed by atoms with E-state index in [-0.39, 0.29) is 11.7 Å². The van der Waals surface area contributed by atoms with E-state index in [0.717, 1.165) is 11.3 Å². The van der Waals surface area contributed by atoms with Gasteiger partial charge in [0, 0.05) is 0 Å². The minimum Gasteiger partial charge on any atom is -0.272 e. The molecule has 2 aromatic carbocycles. The average Bonchev–Trinajstić information content (AvgIpc) is 3.10. The van der Waals surface area contributed by atoms with E-state index >= 15 is 0 Å². The van der Waals surface area contributed by atoms with Gasteiger partial charge in [-0.25, -0.2) is 5.43 Å². The SMILES string of the molecule is O=C(CSc1nnnn1-c1ccccc1)N/N=C/c1ccccc1. The molecule has 3 aromatic rings. The van der Waals surface area contributed by atoms with Crippen molar-refractivity contribution in [2.45, 2.75) is 5.16 Å². The van der Waals surface area contributed by atoms with Crippen molar-refractivity contribution in [1.82, 2.24) is 25.6 Å². The molecule has 0 unspecified atom stereocenters. The molecule has 7 nitrogen and oxygen atoms in total. The molecule has 120 valence electrons. The van der Waals surface area contributed by atoms with Gasteiger partial charge < -0.3 is 0 Å². The number of rotatable bonds is 6. The van der Waals surface area contributed by atoms with Gasteiger partial charge in [-0.15, -0.1) is 5.10 Å². The van der Waals surface area contributed by atoms with E-state index in [0.29, 0.717) is 5.16 Å². The van der Waals surface area contributed by atoms with Gasteiger partial charge in [-0.05, 0) is 28.1 Å². The van der Waals surface area contributed by atoms with Crippen molar-refractivity contribution in [2.24, 2.45) is 5.10 Å². The third-order valence-corrected chi connectivity index (χ3v) is 3.90. The lowest BCUT2D eigenvalue weighted by Gasteiger charge is -2.03. The predicted molar refractivity (Wildman–Crippen MR) is 92.1 cm³/mol. The Morgan fingerprint density at radius 1 is 1.12 bits per heavy atom. The van der Waals surface area contributed by atoms with Crippen LogP contribution in [0.2, 0.25) is 0 Å². The van der Waals surface area contributed by atoms with Crippen LogP contribution in [0.5, 0.6) is 0 Å². The molecule has 0 spiro atoms. The molecule has 0 bridgehead atoms. The molecular weight excluding hydrogens is 324 g/mol. The first-order chi connectivity index (χ1) is 11.8. The molecule has 1 heterocycles. The first kappa shape index (κ1) is 15.9. The van der Waals surface area contributed by atoms with Gasteiger partial charge in [0.2, 0.25) is 5.16 Å². The Balaban J connectivity index is 1.54. The lowest BCUT2D eigenvalue weighted by Crippen LogP contribution is -2.20. The first-order valence-electron chi connectivity index (χ1n) is 7.16. The standard InChI is InChI=1S/C16H14N6OS/c23-15(18-17-11-13-7-3-1-4-8-13)12-24-16-19-20-21-22(16)14-9-5-2-6-10-14/h1-11H,12H2,(H,18,23)/b17-11+. The number of amides is 1. The van der Waals surface area contributed by atoms with Crippen molar-refractivity contribution >= 4 is 23.9 Å². The summed E-state index contributed by atoms with van der Waals surface area (Å²) in [6, 6.07) is 19.0. The summed E-state index contributed by atoms with van der Waals surface area (Å²) >= 11 is 1.24. The second kappa shape index (κ2) is 8.02. The van der Waals surface area contributed by atoms with Gasteiger partial charge in [0.1, 0.15) is 0 Å². The molecule has 0 saturated carbocycles. The summed E-state index contributed by atoms with van der Waals surface area (Å²) in [5.74, 6) is -0.0610. The summed E-state index contributed by atoms with van der Waals surface area (Å²) in [7, 11) is 0. The Labute approximate surface area is 142 Å². The zero-order valence-corrected chi connectivity index (χ0v) is 13.4. The van der Waals surface area contributed by atoms with Crippen LogP contribution in [0.3, 0.4) is 0 Å². The highest BCUT2D eigenvalue weighted by Gasteiger charge is 2.10. The van der Waals surface area contributed by atoms with Crippen LogP contribution in [-0.2, 0) is 4.79 Å². The summed E-state index contributed by atoms with van der Waals surface area (Å²) < 4.78 is 1.59. The van der Waals surface area contributed by atoms with Crippen molar-refractivity contribution in [3.8, 4) is 5.69 Å². The number of carbonyl (C=O) groups excluding carboxylic acids is 1. The molecule has 0 saturated heterocycles. The largest absolute Gasteiger partial charge is 0.272 e. The van der Waals surface area contributed by atoms with Crippen LogP contribution < -0.4 is 5.43 Å². The third kappa shape index (κ3) is 4.26. The van der Waals surface area contributed by atoms with Crippen molar-refractivity contribution in [3.05, 3.63) is 66.2 Å². The smallest absolute Gasteiger partial charge is 0.250 e. The highest BCUT2D eigenvalue weighted by atomic mass is 32.2. The van der Waals surface area contributed by atoms with E-state index in [1.807, 2.05) is 60.7 Å². The fraction of sp³-hybridized carbons (Fsp3) is 0.0625. The molecule has 0 atom stereocenters. The maximum Gasteiger partial charge on any atom is 0.250 e. The van der Waals surface area contributed by atoms with Crippen molar-refractivity contribution in [2.75, 3.05) is 5.75 Å². The van der Waals surface area contributed by atoms with Crippen LogP contribution in [0.1, 0.15) is 5.56 Å². The van der Waals surface area contributed by atoms with Gasteiger partial charge in [0.25, 0.3) is 5.91 Å². The Hall–Kier alpha value is -3.00. The molecule has 1 amide bonds. The molecule has 8 heteroatoms. The van der Waals surface area contributed by atoms with Gasteiger partial charge in [-0.1, -0.05) is 60.3 Å². The summed E-state index contributed by atoms with van der Waals surface area (Å²) in [6.45, 7) is 0. The van der Waals surface area contributed by atoms with Crippen LogP contribution in [0.15, 0.2) is 70.9 Å².